The third kappa shape index (κ3) is 2.29. The number of rotatable bonds is 1. The Morgan fingerprint density at radius 2 is 2.14 bits per heavy atom. The number of fused-ring (bicyclic) bond motifs is 1. The number of aromatic nitrogens is 2. The summed E-state index contributed by atoms with van der Waals surface area (Å²) in [6.07, 6.45) is -0.213. The highest BCUT2D eigenvalue weighted by Gasteiger charge is 2.30. The molecule has 0 spiro atoms. The predicted molar refractivity (Wildman–Crippen MR) is 73.1 cm³/mol. The van der Waals surface area contributed by atoms with Crippen molar-refractivity contribution in [2.75, 3.05) is 0 Å². The predicted octanol–water partition coefficient (Wildman–Crippen LogP) is 0.614. The van der Waals surface area contributed by atoms with Gasteiger partial charge in [0.2, 0.25) is 5.91 Å². The van der Waals surface area contributed by atoms with E-state index < -0.39 is 29.6 Å². The van der Waals surface area contributed by atoms with Crippen molar-refractivity contribution in [3.8, 4) is 0 Å². The van der Waals surface area contributed by atoms with E-state index in [-0.39, 0.29) is 5.39 Å². The van der Waals surface area contributed by atoms with E-state index in [0.717, 1.165) is 6.07 Å². The number of amides is 1. The third-order valence-corrected chi connectivity index (χ3v) is 3.68. The van der Waals surface area contributed by atoms with E-state index >= 15 is 0 Å². The Balaban J connectivity index is 2.18. The topological polar surface area (TPSA) is 84.2 Å². The number of benzene rings is 1. The van der Waals surface area contributed by atoms with Gasteiger partial charge in [-0.2, -0.15) is 0 Å². The molecule has 6 nitrogen and oxygen atoms in total. The second-order valence-electron chi connectivity index (χ2n) is 5.11. The maximum absolute atomic E-state index is 13.3. The Morgan fingerprint density at radius 3 is 2.86 bits per heavy atom. The summed E-state index contributed by atoms with van der Waals surface area (Å²) in [6, 6.07) is 3.06. The van der Waals surface area contributed by atoms with Gasteiger partial charge < -0.3 is 10.4 Å². The van der Waals surface area contributed by atoms with Crippen molar-refractivity contribution in [2.45, 2.75) is 32.0 Å². The molecule has 1 aromatic heterocycles. The summed E-state index contributed by atoms with van der Waals surface area (Å²) in [5.74, 6) is -0.576. The molecule has 2 atom stereocenters. The molecule has 3 rings (SSSR count). The molecule has 2 unspecified atom stereocenters. The molecule has 2 heterocycles. The zero-order valence-electron chi connectivity index (χ0n) is 11.3. The fourth-order valence-electron chi connectivity index (χ4n) is 2.67. The van der Waals surface area contributed by atoms with Crippen LogP contribution >= 0.6 is 0 Å². The number of piperidine rings is 1. The number of nitrogens with zero attached hydrogens (tertiary/aromatic N) is 2. The lowest BCUT2D eigenvalue weighted by Gasteiger charge is -2.28. The number of aliphatic hydroxyl groups excluding tert-OH is 1. The van der Waals surface area contributed by atoms with Crippen LogP contribution in [0, 0.1) is 12.7 Å². The second-order valence-corrected chi connectivity index (χ2v) is 5.11. The monoisotopic (exact) mass is 291 g/mol. The van der Waals surface area contributed by atoms with E-state index in [4.69, 9.17) is 0 Å². The highest BCUT2D eigenvalue weighted by Crippen LogP contribution is 2.21. The van der Waals surface area contributed by atoms with E-state index in [2.05, 4.69) is 10.3 Å². The summed E-state index contributed by atoms with van der Waals surface area (Å²) >= 11 is 0. The molecule has 2 aromatic rings. The maximum atomic E-state index is 13.3. The van der Waals surface area contributed by atoms with E-state index in [9.17, 15) is 19.1 Å². The van der Waals surface area contributed by atoms with Gasteiger partial charge in [0.1, 0.15) is 23.9 Å². The molecular weight excluding hydrogens is 277 g/mol. The number of nitrogens with one attached hydrogen (secondary N) is 1. The van der Waals surface area contributed by atoms with Crippen LogP contribution in [0.15, 0.2) is 23.0 Å². The van der Waals surface area contributed by atoms with Gasteiger partial charge in [0.15, 0.2) is 0 Å². The van der Waals surface area contributed by atoms with Crippen molar-refractivity contribution < 1.29 is 14.3 Å². The van der Waals surface area contributed by atoms with Crippen LogP contribution in [0.5, 0.6) is 0 Å². The number of hydrogen-bond acceptors (Lipinski definition) is 4. The van der Waals surface area contributed by atoms with Gasteiger partial charge in [-0.15, -0.1) is 0 Å². The number of aliphatic hydroxyl groups is 1. The standard InChI is InChI=1S/C14H14FN3O3/c1-7-16-10-3-2-8(15)6-9(10)14(21)18(7)11-4-5-12(19)17-13(11)20/h2-3,6,11-12,19H,4-5H2,1H3,(H,17,20). The quantitative estimate of drug-likeness (QED) is 0.806. The number of carbonyl (C=O) groups is 1. The third-order valence-electron chi connectivity index (χ3n) is 3.68. The second kappa shape index (κ2) is 4.92. The minimum Gasteiger partial charge on any atom is -0.374 e. The smallest absolute Gasteiger partial charge is 0.262 e. The van der Waals surface area contributed by atoms with Crippen LogP contribution in [-0.2, 0) is 4.79 Å². The number of hydrogen-bond donors (Lipinski definition) is 2. The SMILES string of the molecule is Cc1nc2ccc(F)cc2c(=O)n1C1CCC(O)NC1=O. The van der Waals surface area contributed by atoms with E-state index in [1.807, 2.05) is 0 Å². The fourth-order valence-corrected chi connectivity index (χ4v) is 2.67. The summed E-state index contributed by atoms with van der Waals surface area (Å²) in [6.45, 7) is 1.63. The highest BCUT2D eigenvalue weighted by molar-refractivity contribution is 5.82. The molecule has 0 aliphatic carbocycles. The summed E-state index contributed by atoms with van der Waals surface area (Å²) in [7, 11) is 0. The first-order valence-corrected chi connectivity index (χ1v) is 6.64. The van der Waals surface area contributed by atoms with Crippen LogP contribution in [-0.4, -0.2) is 26.8 Å². The largest absolute Gasteiger partial charge is 0.374 e. The molecule has 1 amide bonds. The van der Waals surface area contributed by atoms with Crippen LogP contribution in [0.3, 0.4) is 0 Å². The van der Waals surface area contributed by atoms with Crippen molar-refractivity contribution in [2.24, 2.45) is 0 Å². The van der Waals surface area contributed by atoms with Crippen molar-refractivity contribution in [1.29, 1.82) is 0 Å². The molecule has 0 radical (unpaired) electrons. The molecule has 1 aliphatic rings. The molecule has 0 saturated carbocycles. The Hall–Kier alpha value is -2.28. The molecule has 1 saturated heterocycles. The van der Waals surface area contributed by atoms with E-state index in [0.29, 0.717) is 24.2 Å². The van der Waals surface area contributed by atoms with Crippen molar-refractivity contribution in [1.82, 2.24) is 14.9 Å². The average Bonchev–Trinajstić information content (AvgIpc) is 2.42. The summed E-state index contributed by atoms with van der Waals surface area (Å²) in [4.78, 5) is 28.8. The summed E-state index contributed by atoms with van der Waals surface area (Å²) in [5.41, 5.74) is -0.0556. The minimum absolute atomic E-state index is 0.138. The number of aryl methyl sites for hydroxylation is 1. The van der Waals surface area contributed by atoms with Gasteiger partial charge in [0.25, 0.3) is 5.56 Å². The average molecular weight is 291 g/mol. The zero-order valence-corrected chi connectivity index (χ0v) is 11.3. The van der Waals surface area contributed by atoms with Crippen LogP contribution < -0.4 is 10.9 Å². The van der Waals surface area contributed by atoms with Gasteiger partial charge >= 0.3 is 0 Å². The lowest BCUT2D eigenvalue weighted by atomic mass is 10.0. The summed E-state index contributed by atoms with van der Waals surface area (Å²) < 4.78 is 14.6. The van der Waals surface area contributed by atoms with Crippen LogP contribution in [0.25, 0.3) is 10.9 Å². The van der Waals surface area contributed by atoms with Gasteiger partial charge in [0.05, 0.1) is 10.9 Å². The van der Waals surface area contributed by atoms with Crippen molar-refractivity contribution in [3.05, 3.63) is 40.2 Å². The molecule has 7 heteroatoms. The Bertz CT molecular complexity index is 787. The van der Waals surface area contributed by atoms with E-state index in [1.54, 1.807) is 6.92 Å². The normalized spacial score (nSPS) is 22.3. The molecule has 1 aliphatic heterocycles. The summed E-state index contributed by atoms with van der Waals surface area (Å²) in [5, 5.41) is 11.9. The van der Waals surface area contributed by atoms with Gasteiger partial charge in [0, 0.05) is 0 Å². The first kappa shape index (κ1) is 13.7. The van der Waals surface area contributed by atoms with E-state index in [1.165, 1.54) is 16.7 Å². The molecule has 1 fully saturated rings. The Kier molecular flexibility index (Phi) is 3.21. The highest BCUT2D eigenvalue weighted by atomic mass is 19.1. The van der Waals surface area contributed by atoms with Gasteiger partial charge in [-0.25, -0.2) is 9.37 Å². The molecule has 21 heavy (non-hydrogen) atoms. The first-order chi connectivity index (χ1) is 9.97. The Labute approximate surface area is 119 Å². The van der Waals surface area contributed by atoms with Gasteiger partial charge in [-0.05, 0) is 38.0 Å². The molecule has 110 valence electrons. The van der Waals surface area contributed by atoms with Crippen LogP contribution in [0.1, 0.15) is 24.7 Å². The van der Waals surface area contributed by atoms with Crippen molar-refractivity contribution in [3.63, 3.8) is 0 Å². The molecule has 0 bridgehead atoms. The van der Waals surface area contributed by atoms with Crippen LogP contribution in [0.2, 0.25) is 0 Å². The fraction of sp³-hybridized carbons (Fsp3) is 0.357. The van der Waals surface area contributed by atoms with Crippen LogP contribution in [0.4, 0.5) is 4.39 Å². The van der Waals surface area contributed by atoms with Gasteiger partial charge in [-0.3, -0.25) is 14.2 Å². The molecule has 2 N–H and O–H groups in total. The maximum Gasteiger partial charge on any atom is 0.262 e. The Morgan fingerprint density at radius 1 is 1.38 bits per heavy atom. The van der Waals surface area contributed by atoms with Gasteiger partial charge in [-0.1, -0.05) is 0 Å². The van der Waals surface area contributed by atoms with Crippen molar-refractivity contribution >= 4 is 16.8 Å². The number of halogens is 1. The number of carbonyl (C=O) groups excluding carboxylic acids is 1. The first-order valence-electron chi connectivity index (χ1n) is 6.64. The zero-order chi connectivity index (χ0) is 15.1. The minimum atomic E-state index is -0.893. The lowest BCUT2D eigenvalue weighted by Crippen LogP contribution is -2.47. The lowest BCUT2D eigenvalue weighted by molar-refractivity contribution is -0.130. The molecule has 1 aromatic carbocycles. The molecular formula is C14H14FN3O3.